The van der Waals surface area contributed by atoms with Gasteiger partial charge in [0.15, 0.2) is 11.6 Å². The van der Waals surface area contributed by atoms with Crippen LogP contribution < -0.4 is 10.2 Å². The summed E-state index contributed by atoms with van der Waals surface area (Å²) in [5.74, 6) is -2.06. The van der Waals surface area contributed by atoms with Gasteiger partial charge in [-0.2, -0.15) is 22.6 Å². The van der Waals surface area contributed by atoms with E-state index >= 15 is 0 Å². The number of quaternary nitrogens is 1. The van der Waals surface area contributed by atoms with Crippen LogP contribution in [-0.4, -0.2) is 68.6 Å². The number of likely N-dealkylation sites (tertiary alicyclic amines) is 1. The van der Waals surface area contributed by atoms with Crippen molar-refractivity contribution in [3.63, 3.8) is 0 Å². The highest BCUT2D eigenvalue weighted by Crippen LogP contribution is 2.35. The molecule has 15 heteroatoms. The molecule has 0 aliphatic carbocycles. The van der Waals surface area contributed by atoms with E-state index in [0.717, 1.165) is 25.3 Å². The molecule has 0 spiro atoms. The fourth-order valence-corrected chi connectivity index (χ4v) is 6.51. The molecule has 0 bridgehead atoms. The lowest BCUT2D eigenvalue weighted by Crippen LogP contribution is -2.61. The lowest BCUT2D eigenvalue weighted by atomic mass is 10.0. The number of anilines is 1. The minimum Gasteiger partial charge on any atom is -0.481 e. The molecule has 252 valence electrons. The maximum atomic E-state index is 14.5. The summed E-state index contributed by atoms with van der Waals surface area (Å²) in [6.45, 7) is 4.05. The van der Waals surface area contributed by atoms with E-state index in [2.05, 4.69) is 17.2 Å². The van der Waals surface area contributed by atoms with E-state index in [-0.39, 0.29) is 30.1 Å². The minimum atomic E-state index is -4.67. The number of carbonyl (C=O) groups excluding carboxylic acids is 3. The Morgan fingerprint density at radius 1 is 1.09 bits per heavy atom. The second-order valence-corrected chi connectivity index (χ2v) is 13.0. The van der Waals surface area contributed by atoms with Gasteiger partial charge in [-0.05, 0) is 43.2 Å². The van der Waals surface area contributed by atoms with Crippen molar-refractivity contribution in [3.05, 3.63) is 72.2 Å². The molecule has 3 aromatic rings. The largest absolute Gasteiger partial charge is 0.564 e. The molecular weight excluding hydrogens is 632 g/mol. The number of nitrogens with zero attached hydrogens (tertiary/aromatic N) is 3. The van der Waals surface area contributed by atoms with Crippen LogP contribution in [0, 0.1) is 0 Å². The third-order valence-electron chi connectivity index (χ3n) is 8.32. The van der Waals surface area contributed by atoms with Crippen molar-refractivity contribution in [2.24, 2.45) is 0 Å². The summed E-state index contributed by atoms with van der Waals surface area (Å²) >= 11 is 0. The van der Waals surface area contributed by atoms with E-state index in [1.165, 1.54) is 59.6 Å². The van der Waals surface area contributed by atoms with Crippen LogP contribution in [0.2, 0.25) is 0 Å². The summed E-state index contributed by atoms with van der Waals surface area (Å²) in [5.41, 5.74) is 0.249. The minimum absolute atomic E-state index is 0.0322. The van der Waals surface area contributed by atoms with Crippen molar-refractivity contribution in [2.45, 2.75) is 82.2 Å². The molecule has 0 radical (unpaired) electrons. The van der Waals surface area contributed by atoms with Gasteiger partial charge >= 0.3 is 18.0 Å². The number of rotatable bonds is 14. The molecule has 4 rings (SSSR count). The van der Waals surface area contributed by atoms with Gasteiger partial charge in [0.25, 0.3) is 16.0 Å². The Morgan fingerprint density at radius 3 is 2.45 bits per heavy atom. The molecule has 2 unspecified atom stereocenters. The third kappa shape index (κ3) is 8.41. The van der Waals surface area contributed by atoms with Gasteiger partial charge in [-0.25, -0.2) is 9.78 Å². The molecule has 14 nitrogen and oxygen atoms in total. The highest BCUT2D eigenvalue weighted by atomic mass is 32.2. The molecule has 1 fully saturated rings. The Labute approximate surface area is 272 Å². The first-order chi connectivity index (χ1) is 22.4. The molecule has 1 aliphatic heterocycles. The summed E-state index contributed by atoms with van der Waals surface area (Å²) in [7, 11) is -4.67. The number of hydrogen-bond acceptors (Lipinski definition) is 9. The summed E-state index contributed by atoms with van der Waals surface area (Å²) in [5, 5.41) is 11.5. The molecule has 1 aliphatic rings. The number of benzene rings is 2. The molecule has 0 saturated carbocycles. The van der Waals surface area contributed by atoms with Crippen LogP contribution in [0.1, 0.15) is 80.8 Å². The second kappa shape index (κ2) is 15.3. The summed E-state index contributed by atoms with van der Waals surface area (Å²) < 4.78 is 34.0. The first-order valence-corrected chi connectivity index (χ1v) is 16.8. The quantitative estimate of drug-likeness (QED) is 0.0673. The highest BCUT2D eigenvalue weighted by molar-refractivity contribution is 7.86. The first kappa shape index (κ1) is 35.3. The van der Waals surface area contributed by atoms with Crippen LogP contribution in [0.15, 0.2) is 66.0 Å². The predicted molar refractivity (Wildman–Crippen MR) is 168 cm³/mol. The van der Waals surface area contributed by atoms with Crippen molar-refractivity contribution in [3.8, 4) is 5.75 Å². The van der Waals surface area contributed by atoms with E-state index in [0.29, 0.717) is 31.2 Å². The Hall–Kier alpha value is -4.60. The number of carbonyl (C=O) groups is 4. The number of carboxylic acid groups (broad SMARTS) is 1. The molecule has 2 aromatic carbocycles. The van der Waals surface area contributed by atoms with E-state index < -0.39 is 55.5 Å². The molecule has 3 amide bonds. The van der Waals surface area contributed by atoms with Crippen molar-refractivity contribution in [1.82, 2.24) is 9.55 Å². The fourth-order valence-electron chi connectivity index (χ4n) is 5.82. The Morgan fingerprint density at radius 2 is 1.81 bits per heavy atom. The van der Waals surface area contributed by atoms with Gasteiger partial charge in [0, 0.05) is 19.0 Å². The molecule has 1 saturated heterocycles. The topological polar surface area (TPSA) is 191 Å². The Kier molecular flexibility index (Phi) is 11.5. The van der Waals surface area contributed by atoms with Crippen LogP contribution in [0.5, 0.6) is 5.75 Å². The Bertz CT molecular complexity index is 1710. The van der Waals surface area contributed by atoms with Crippen LogP contribution in [0.3, 0.4) is 0 Å². The summed E-state index contributed by atoms with van der Waals surface area (Å²) in [4.78, 5) is 66.3. The van der Waals surface area contributed by atoms with Crippen LogP contribution in [0.25, 0.3) is 0 Å². The van der Waals surface area contributed by atoms with Crippen LogP contribution >= 0.6 is 0 Å². The summed E-state index contributed by atoms with van der Waals surface area (Å²) in [6, 6.07) is 9.90. The van der Waals surface area contributed by atoms with Crippen molar-refractivity contribution in [1.29, 1.82) is 0 Å². The second-order valence-electron chi connectivity index (χ2n) is 11.6. The standard InChI is InChI=1S/C32H38N4O10S/c1-3-4-5-6-12-26(35-20-28(33-21-35)34-30(39)25-11-7-8-13-27(25)47(42,43)44)31(40)36(18-9-10-22(36)2)32(41)46-45-24-16-14-23(15-17-24)19-29(37)38/h7-8,11,13-17,20-22,26H,3-6,9-10,12,18-19H2,1-2H3,(H2-,34,37,38,39,42,43,44)/p+1/t22?,26-,36?/m1/s1. The molecule has 3 N–H and O–H groups in total. The average Bonchev–Trinajstić information content (AvgIpc) is 3.66. The van der Waals surface area contributed by atoms with E-state index in [1.807, 2.05) is 0 Å². The number of imidazole rings is 1. The number of aliphatic carboxylic acids is 1. The number of amides is 3. The number of aromatic nitrogens is 2. The van der Waals surface area contributed by atoms with Gasteiger partial charge in [-0.3, -0.25) is 19.0 Å². The van der Waals surface area contributed by atoms with E-state index in [1.54, 1.807) is 6.92 Å². The first-order valence-electron chi connectivity index (χ1n) is 15.4. The fraction of sp³-hybridized carbons (Fsp3) is 0.406. The number of unbranched alkanes of at least 4 members (excludes halogenated alkanes) is 3. The van der Waals surface area contributed by atoms with Crippen LogP contribution in [-0.2, 0) is 31.0 Å². The van der Waals surface area contributed by atoms with Gasteiger partial charge < -0.3 is 15.0 Å². The predicted octanol–water partition coefficient (Wildman–Crippen LogP) is 5.18. The molecular formula is C32H39N4O10S+. The number of carboxylic acids is 1. The molecule has 2 heterocycles. The third-order valence-corrected chi connectivity index (χ3v) is 9.23. The smallest absolute Gasteiger partial charge is 0.481 e. The van der Waals surface area contributed by atoms with Gasteiger partial charge in [0.1, 0.15) is 17.0 Å². The van der Waals surface area contributed by atoms with E-state index in [4.69, 9.17) is 14.9 Å². The number of hydrogen-bond donors (Lipinski definition) is 3. The highest BCUT2D eigenvalue weighted by Gasteiger charge is 2.57. The van der Waals surface area contributed by atoms with Crippen LogP contribution in [0.4, 0.5) is 10.6 Å². The van der Waals surface area contributed by atoms with Gasteiger partial charge in [0.2, 0.25) is 0 Å². The molecule has 47 heavy (non-hydrogen) atoms. The number of nitrogens with one attached hydrogen (secondary N) is 1. The Balaban J connectivity index is 1.57. The summed E-state index contributed by atoms with van der Waals surface area (Å²) in [6.07, 6.45) is 6.75. The lowest BCUT2D eigenvalue weighted by Gasteiger charge is -2.33. The van der Waals surface area contributed by atoms with Crippen molar-refractivity contribution < 1.29 is 51.5 Å². The van der Waals surface area contributed by atoms with Crippen molar-refractivity contribution in [2.75, 3.05) is 11.9 Å². The SMILES string of the molecule is CCCCCC[C@H](C(=O)[N+]1(C(=O)OOc2ccc(CC(=O)O)cc2)CCCC1C)n1cnc(NC(=O)c2ccccc2S(=O)(=O)O)c1. The normalized spacial score (nSPS) is 18.3. The zero-order valence-corrected chi connectivity index (χ0v) is 27.0. The maximum Gasteiger partial charge on any atom is 0.564 e. The number of imide groups is 1. The average molecular weight is 672 g/mol. The van der Waals surface area contributed by atoms with Gasteiger partial charge in [-0.15, -0.1) is 0 Å². The maximum absolute atomic E-state index is 14.5. The zero-order chi connectivity index (χ0) is 34.2. The molecule has 1 aromatic heterocycles. The lowest BCUT2D eigenvalue weighted by molar-refractivity contribution is -0.798. The monoisotopic (exact) mass is 671 g/mol. The van der Waals surface area contributed by atoms with Gasteiger partial charge in [-0.1, -0.05) is 56.9 Å². The van der Waals surface area contributed by atoms with E-state index in [9.17, 15) is 32.1 Å². The van der Waals surface area contributed by atoms with Gasteiger partial charge in [0.05, 0.1) is 24.9 Å². The molecule has 3 atom stereocenters. The zero-order valence-electron chi connectivity index (χ0n) is 26.2. The van der Waals surface area contributed by atoms with Crippen molar-refractivity contribution >= 4 is 39.8 Å².